The minimum Gasteiger partial charge on any atom is -0.388 e. The molecule has 2 aromatic carbocycles. The Morgan fingerprint density at radius 3 is 2.32 bits per heavy atom. The molecule has 0 spiro atoms. The lowest BCUT2D eigenvalue weighted by molar-refractivity contribution is -0.126. The lowest BCUT2D eigenvalue weighted by Crippen LogP contribution is -2.53. The molecule has 6 heteroatoms. The number of aliphatic hydroxyl groups excluding tert-OH is 1. The predicted molar refractivity (Wildman–Crippen MR) is 95.8 cm³/mol. The van der Waals surface area contributed by atoms with Crippen LogP contribution in [0.2, 0.25) is 0 Å². The van der Waals surface area contributed by atoms with Gasteiger partial charge < -0.3 is 10.2 Å². The average molecular weight is 361 g/mol. The normalized spacial score (nSPS) is 25.0. The SMILES string of the molecule is CS(=O)(=O)c1ccc(CN2CC[C@](O)(c3ccccc3)[C@@H](O)C2)cc1. The Labute approximate surface area is 148 Å². The minimum absolute atomic E-state index is 0.299. The van der Waals surface area contributed by atoms with Gasteiger partial charge in [0.15, 0.2) is 9.84 Å². The van der Waals surface area contributed by atoms with E-state index in [2.05, 4.69) is 4.90 Å². The second-order valence-corrected chi connectivity index (χ2v) is 8.72. The van der Waals surface area contributed by atoms with Gasteiger partial charge in [-0.05, 0) is 29.7 Å². The summed E-state index contributed by atoms with van der Waals surface area (Å²) in [5, 5.41) is 21.4. The standard InChI is InChI=1S/C19H23NO4S/c1-25(23,24)17-9-7-15(8-10-17)13-20-12-11-19(22,18(21)14-20)16-5-3-2-4-6-16/h2-10,18,21-22H,11-14H2,1H3/t18-,19-/m0/s1. The van der Waals surface area contributed by atoms with Gasteiger partial charge in [-0.2, -0.15) is 0 Å². The topological polar surface area (TPSA) is 77.8 Å². The van der Waals surface area contributed by atoms with E-state index in [0.29, 0.717) is 31.0 Å². The van der Waals surface area contributed by atoms with Crippen molar-refractivity contribution in [1.82, 2.24) is 4.90 Å². The summed E-state index contributed by atoms with van der Waals surface area (Å²) >= 11 is 0. The maximum Gasteiger partial charge on any atom is 0.175 e. The molecule has 1 heterocycles. The Morgan fingerprint density at radius 1 is 1.12 bits per heavy atom. The van der Waals surface area contributed by atoms with Crippen molar-refractivity contribution in [3.63, 3.8) is 0 Å². The molecule has 1 aliphatic rings. The molecule has 5 nitrogen and oxygen atoms in total. The zero-order valence-electron chi connectivity index (χ0n) is 14.2. The Bertz CT molecular complexity index is 820. The Hall–Kier alpha value is -1.73. The molecule has 2 atom stereocenters. The number of rotatable bonds is 4. The fraction of sp³-hybridized carbons (Fsp3) is 0.368. The van der Waals surface area contributed by atoms with Crippen molar-refractivity contribution in [2.24, 2.45) is 0 Å². The second kappa shape index (κ2) is 6.88. The number of sulfone groups is 1. The highest BCUT2D eigenvalue weighted by Crippen LogP contribution is 2.33. The molecule has 2 aromatic rings. The van der Waals surface area contributed by atoms with Crippen LogP contribution in [-0.4, -0.2) is 49.0 Å². The van der Waals surface area contributed by atoms with Crippen LogP contribution in [0.3, 0.4) is 0 Å². The monoisotopic (exact) mass is 361 g/mol. The van der Waals surface area contributed by atoms with E-state index < -0.39 is 21.5 Å². The number of aliphatic hydroxyl groups is 2. The first kappa shape index (κ1) is 18.1. The summed E-state index contributed by atoms with van der Waals surface area (Å²) in [5.74, 6) is 0. The zero-order chi connectivity index (χ0) is 18.1. The largest absolute Gasteiger partial charge is 0.388 e. The molecular formula is C19H23NO4S. The molecule has 0 unspecified atom stereocenters. The van der Waals surface area contributed by atoms with Crippen molar-refractivity contribution in [2.75, 3.05) is 19.3 Å². The summed E-state index contributed by atoms with van der Waals surface area (Å²) in [4.78, 5) is 2.37. The van der Waals surface area contributed by atoms with Crippen molar-refractivity contribution in [3.05, 3.63) is 65.7 Å². The molecule has 25 heavy (non-hydrogen) atoms. The van der Waals surface area contributed by atoms with Crippen LogP contribution in [0.5, 0.6) is 0 Å². The molecule has 1 saturated heterocycles. The van der Waals surface area contributed by atoms with E-state index >= 15 is 0 Å². The quantitative estimate of drug-likeness (QED) is 0.864. The average Bonchev–Trinajstić information content (AvgIpc) is 2.59. The summed E-state index contributed by atoms with van der Waals surface area (Å²) < 4.78 is 23.0. The molecule has 0 aliphatic carbocycles. The Morgan fingerprint density at radius 2 is 1.76 bits per heavy atom. The first-order valence-corrected chi connectivity index (χ1v) is 10.2. The van der Waals surface area contributed by atoms with Crippen LogP contribution in [0, 0.1) is 0 Å². The maximum atomic E-state index is 11.5. The number of piperidine rings is 1. The molecule has 1 fully saturated rings. The van der Waals surface area contributed by atoms with Gasteiger partial charge in [-0.1, -0.05) is 42.5 Å². The van der Waals surface area contributed by atoms with Crippen molar-refractivity contribution in [3.8, 4) is 0 Å². The van der Waals surface area contributed by atoms with E-state index in [1.165, 1.54) is 6.26 Å². The Balaban J connectivity index is 1.67. The number of β-amino-alcohol motifs (C(OH)–C–C–N with tert-alkyl or cyclic N) is 1. The number of hydrogen-bond acceptors (Lipinski definition) is 5. The molecule has 0 aromatic heterocycles. The third-order valence-corrected chi connectivity index (χ3v) is 5.95. The van der Waals surface area contributed by atoms with E-state index in [1.54, 1.807) is 24.3 Å². The summed E-state index contributed by atoms with van der Waals surface area (Å²) in [7, 11) is -3.19. The fourth-order valence-corrected chi connectivity index (χ4v) is 3.92. The van der Waals surface area contributed by atoms with Crippen LogP contribution < -0.4 is 0 Å². The van der Waals surface area contributed by atoms with Crippen LogP contribution in [0.25, 0.3) is 0 Å². The highest BCUT2D eigenvalue weighted by Gasteiger charge is 2.41. The number of likely N-dealkylation sites (tertiary alicyclic amines) is 1. The Kier molecular flexibility index (Phi) is 4.97. The smallest absolute Gasteiger partial charge is 0.175 e. The molecule has 134 valence electrons. The molecule has 0 radical (unpaired) electrons. The van der Waals surface area contributed by atoms with Crippen LogP contribution in [0.15, 0.2) is 59.5 Å². The van der Waals surface area contributed by atoms with E-state index in [0.717, 1.165) is 11.1 Å². The van der Waals surface area contributed by atoms with Crippen LogP contribution in [-0.2, 0) is 22.0 Å². The first-order valence-electron chi connectivity index (χ1n) is 8.26. The minimum atomic E-state index is -3.19. The summed E-state index contributed by atoms with van der Waals surface area (Å²) in [6.07, 6.45) is 0.756. The lowest BCUT2D eigenvalue weighted by Gasteiger charge is -2.42. The third kappa shape index (κ3) is 3.93. The number of benzene rings is 2. The maximum absolute atomic E-state index is 11.5. The van der Waals surface area contributed by atoms with Gasteiger partial charge in [0.1, 0.15) is 5.60 Å². The first-order chi connectivity index (χ1) is 11.8. The highest BCUT2D eigenvalue weighted by atomic mass is 32.2. The zero-order valence-corrected chi connectivity index (χ0v) is 15.0. The molecule has 0 bridgehead atoms. The van der Waals surface area contributed by atoms with Gasteiger partial charge >= 0.3 is 0 Å². The summed E-state index contributed by atoms with van der Waals surface area (Å²) in [5.41, 5.74) is 0.488. The molecule has 3 rings (SSSR count). The van der Waals surface area contributed by atoms with Crippen LogP contribution >= 0.6 is 0 Å². The van der Waals surface area contributed by atoms with E-state index in [1.807, 2.05) is 30.3 Å². The molecular weight excluding hydrogens is 338 g/mol. The predicted octanol–water partition coefficient (Wildman–Crippen LogP) is 1.54. The van der Waals surface area contributed by atoms with Gasteiger partial charge in [0.2, 0.25) is 0 Å². The fourth-order valence-electron chi connectivity index (χ4n) is 3.29. The van der Waals surface area contributed by atoms with Crippen LogP contribution in [0.1, 0.15) is 17.5 Å². The van der Waals surface area contributed by atoms with Gasteiger partial charge in [-0.3, -0.25) is 4.90 Å². The second-order valence-electron chi connectivity index (χ2n) is 6.71. The van der Waals surface area contributed by atoms with Crippen LogP contribution in [0.4, 0.5) is 0 Å². The van der Waals surface area contributed by atoms with Gasteiger partial charge in [-0.25, -0.2) is 8.42 Å². The molecule has 1 aliphatic heterocycles. The van der Waals surface area contributed by atoms with Gasteiger partial charge in [-0.15, -0.1) is 0 Å². The van der Waals surface area contributed by atoms with E-state index in [-0.39, 0.29) is 0 Å². The van der Waals surface area contributed by atoms with Gasteiger partial charge in [0, 0.05) is 25.9 Å². The summed E-state index contributed by atoms with van der Waals surface area (Å²) in [6.45, 7) is 1.61. The van der Waals surface area contributed by atoms with E-state index in [9.17, 15) is 18.6 Å². The number of hydrogen-bond donors (Lipinski definition) is 2. The van der Waals surface area contributed by atoms with E-state index in [4.69, 9.17) is 0 Å². The third-order valence-electron chi connectivity index (χ3n) is 4.82. The number of nitrogens with zero attached hydrogens (tertiary/aromatic N) is 1. The van der Waals surface area contributed by atoms with Crippen molar-refractivity contribution in [2.45, 2.75) is 29.6 Å². The lowest BCUT2D eigenvalue weighted by atomic mass is 9.82. The van der Waals surface area contributed by atoms with Crippen molar-refractivity contribution < 1.29 is 18.6 Å². The van der Waals surface area contributed by atoms with Crippen molar-refractivity contribution >= 4 is 9.84 Å². The molecule has 0 saturated carbocycles. The summed E-state index contributed by atoms with van der Waals surface area (Å²) in [6, 6.07) is 16.1. The molecule has 2 N–H and O–H groups in total. The highest BCUT2D eigenvalue weighted by molar-refractivity contribution is 7.90. The van der Waals surface area contributed by atoms with Crippen molar-refractivity contribution in [1.29, 1.82) is 0 Å². The molecule has 0 amide bonds. The van der Waals surface area contributed by atoms with Gasteiger partial charge in [0.25, 0.3) is 0 Å². The van der Waals surface area contributed by atoms with Gasteiger partial charge in [0.05, 0.1) is 11.0 Å².